The maximum Gasteiger partial charge on any atom is 0.266 e. The molecule has 0 unspecified atom stereocenters. The SMILES string of the molecule is CC(=O)N1CCOC1=S. The van der Waals surface area contributed by atoms with Gasteiger partial charge in [-0.3, -0.25) is 9.69 Å². The van der Waals surface area contributed by atoms with E-state index in [1.165, 1.54) is 11.8 Å². The average Bonchev–Trinajstić information content (AvgIpc) is 2.13. The van der Waals surface area contributed by atoms with Gasteiger partial charge in [0.1, 0.15) is 6.61 Å². The van der Waals surface area contributed by atoms with E-state index in [9.17, 15) is 4.79 Å². The molecular formula is C5H7NO2S. The Kier molecular flexibility index (Phi) is 1.66. The van der Waals surface area contributed by atoms with Crippen LogP contribution in [0, 0.1) is 0 Å². The van der Waals surface area contributed by atoms with Crippen LogP contribution in [0.2, 0.25) is 0 Å². The van der Waals surface area contributed by atoms with E-state index in [2.05, 4.69) is 0 Å². The highest BCUT2D eigenvalue weighted by atomic mass is 32.1. The monoisotopic (exact) mass is 145 g/mol. The van der Waals surface area contributed by atoms with E-state index in [0.717, 1.165) is 0 Å². The van der Waals surface area contributed by atoms with Gasteiger partial charge in [0.05, 0.1) is 6.54 Å². The molecule has 1 heterocycles. The Morgan fingerprint density at radius 1 is 1.89 bits per heavy atom. The predicted octanol–water partition coefficient (Wildman–Crippen LogP) is 0.150. The first-order chi connectivity index (χ1) is 4.22. The number of nitrogens with zero attached hydrogens (tertiary/aromatic N) is 1. The molecule has 0 radical (unpaired) electrons. The van der Waals surface area contributed by atoms with E-state index in [0.29, 0.717) is 18.3 Å². The van der Waals surface area contributed by atoms with Crippen molar-refractivity contribution in [2.75, 3.05) is 13.2 Å². The smallest absolute Gasteiger partial charge is 0.266 e. The summed E-state index contributed by atoms with van der Waals surface area (Å²) in [5.74, 6) is -0.0440. The molecule has 0 aliphatic carbocycles. The molecule has 0 aromatic rings. The fourth-order valence-corrected chi connectivity index (χ4v) is 0.983. The Labute approximate surface area is 58.6 Å². The first-order valence-corrected chi connectivity index (χ1v) is 3.07. The minimum Gasteiger partial charge on any atom is -0.469 e. The molecule has 0 N–H and O–H groups in total. The Morgan fingerprint density at radius 3 is 2.78 bits per heavy atom. The molecule has 0 bridgehead atoms. The Morgan fingerprint density at radius 2 is 2.56 bits per heavy atom. The number of amides is 1. The van der Waals surface area contributed by atoms with Gasteiger partial charge in [-0.15, -0.1) is 0 Å². The molecule has 0 aromatic carbocycles. The van der Waals surface area contributed by atoms with Crippen molar-refractivity contribution in [3.05, 3.63) is 0 Å². The molecule has 1 rings (SSSR count). The first kappa shape index (κ1) is 6.48. The lowest BCUT2D eigenvalue weighted by molar-refractivity contribution is -0.124. The number of ether oxygens (including phenoxy) is 1. The number of hydrogen-bond donors (Lipinski definition) is 0. The Balaban J connectivity index is 2.60. The molecule has 0 atom stereocenters. The minimum atomic E-state index is -0.0440. The van der Waals surface area contributed by atoms with Gasteiger partial charge in [0.2, 0.25) is 5.91 Å². The minimum absolute atomic E-state index is 0.0440. The molecule has 1 amide bonds. The summed E-state index contributed by atoms with van der Waals surface area (Å²) in [6.45, 7) is 2.62. The fraction of sp³-hybridized carbons (Fsp3) is 0.600. The largest absolute Gasteiger partial charge is 0.469 e. The standard InChI is InChI=1S/C5H7NO2S/c1-4(7)6-2-3-8-5(6)9/h2-3H2,1H3. The normalized spacial score (nSPS) is 17.9. The number of carbonyl (C=O) groups is 1. The third-order valence-electron chi connectivity index (χ3n) is 1.14. The summed E-state index contributed by atoms with van der Waals surface area (Å²) in [4.78, 5) is 12.1. The maximum atomic E-state index is 10.6. The van der Waals surface area contributed by atoms with Crippen molar-refractivity contribution in [3.8, 4) is 0 Å². The lowest BCUT2D eigenvalue weighted by Crippen LogP contribution is -2.28. The summed E-state index contributed by atoms with van der Waals surface area (Å²) in [7, 11) is 0. The summed E-state index contributed by atoms with van der Waals surface area (Å²) in [5.41, 5.74) is 0. The van der Waals surface area contributed by atoms with Crippen molar-refractivity contribution in [1.82, 2.24) is 4.90 Å². The van der Waals surface area contributed by atoms with Crippen molar-refractivity contribution >= 4 is 23.3 Å². The second-order valence-corrected chi connectivity index (χ2v) is 2.13. The number of thiocarbonyl (C=S) groups is 1. The van der Waals surface area contributed by atoms with E-state index in [-0.39, 0.29) is 5.91 Å². The molecule has 0 aromatic heterocycles. The molecule has 1 aliphatic heterocycles. The molecule has 1 saturated heterocycles. The lowest BCUT2D eigenvalue weighted by atomic mass is 10.6. The Bertz CT molecular complexity index is 157. The number of rotatable bonds is 0. The zero-order valence-corrected chi connectivity index (χ0v) is 5.90. The van der Waals surface area contributed by atoms with Crippen molar-refractivity contribution in [3.63, 3.8) is 0 Å². The van der Waals surface area contributed by atoms with Crippen LogP contribution in [-0.4, -0.2) is 29.1 Å². The fourth-order valence-electron chi connectivity index (χ4n) is 0.679. The topological polar surface area (TPSA) is 29.5 Å². The van der Waals surface area contributed by atoms with E-state index >= 15 is 0 Å². The average molecular weight is 145 g/mol. The van der Waals surface area contributed by atoms with E-state index < -0.39 is 0 Å². The third-order valence-corrected chi connectivity index (χ3v) is 1.48. The van der Waals surface area contributed by atoms with Gasteiger partial charge in [-0.05, 0) is 12.2 Å². The van der Waals surface area contributed by atoms with Gasteiger partial charge in [0, 0.05) is 6.92 Å². The molecule has 3 nitrogen and oxygen atoms in total. The van der Waals surface area contributed by atoms with Crippen LogP contribution < -0.4 is 0 Å². The van der Waals surface area contributed by atoms with Crippen LogP contribution in [0.3, 0.4) is 0 Å². The second-order valence-electron chi connectivity index (χ2n) is 1.79. The van der Waals surface area contributed by atoms with Crippen molar-refractivity contribution in [2.24, 2.45) is 0 Å². The maximum absolute atomic E-state index is 10.6. The van der Waals surface area contributed by atoms with E-state index in [1.54, 1.807) is 0 Å². The van der Waals surface area contributed by atoms with Crippen LogP contribution in [0.5, 0.6) is 0 Å². The lowest BCUT2D eigenvalue weighted by Gasteiger charge is -2.07. The summed E-state index contributed by atoms with van der Waals surface area (Å²) in [6.07, 6.45) is 0. The number of hydrogen-bond acceptors (Lipinski definition) is 3. The van der Waals surface area contributed by atoms with Crippen LogP contribution in [0.4, 0.5) is 0 Å². The molecule has 4 heteroatoms. The molecular weight excluding hydrogens is 138 g/mol. The van der Waals surface area contributed by atoms with Gasteiger partial charge in [-0.25, -0.2) is 0 Å². The highest BCUT2D eigenvalue weighted by molar-refractivity contribution is 7.80. The van der Waals surface area contributed by atoms with Gasteiger partial charge in [0.15, 0.2) is 0 Å². The summed E-state index contributed by atoms with van der Waals surface area (Å²) in [5, 5.41) is 0.308. The van der Waals surface area contributed by atoms with Gasteiger partial charge < -0.3 is 4.74 Å². The zero-order valence-electron chi connectivity index (χ0n) is 5.09. The Hall–Kier alpha value is -0.640. The molecule has 0 spiro atoms. The van der Waals surface area contributed by atoms with Gasteiger partial charge in [-0.2, -0.15) is 0 Å². The number of carbonyl (C=O) groups excluding carboxylic acids is 1. The second kappa shape index (κ2) is 2.31. The summed E-state index contributed by atoms with van der Waals surface area (Å²) < 4.78 is 4.86. The summed E-state index contributed by atoms with van der Waals surface area (Å²) >= 11 is 4.70. The molecule has 9 heavy (non-hydrogen) atoms. The van der Waals surface area contributed by atoms with Crippen LogP contribution in [0.25, 0.3) is 0 Å². The van der Waals surface area contributed by atoms with Crippen LogP contribution in [-0.2, 0) is 9.53 Å². The highest BCUT2D eigenvalue weighted by Gasteiger charge is 2.20. The molecule has 1 fully saturated rings. The van der Waals surface area contributed by atoms with Crippen molar-refractivity contribution < 1.29 is 9.53 Å². The molecule has 0 saturated carbocycles. The first-order valence-electron chi connectivity index (χ1n) is 2.66. The van der Waals surface area contributed by atoms with Gasteiger partial charge >= 0.3 is 0 Å². The summed E-state index contributed by atoms with van der Waals surface area (Å²) in [6, 6.07) is 0. The van der Waals surface area contributed by atoms with Crippen molar-refractivity contribution in [2.45, 2.75) is 6.92 Å². The predicted molar refractivity (Wildman–Crippen MR) is 35.9 cm³/mol. The van der Waals surface area contributed by atoms with Gasteiger partial charge in [0.25, 0.3) is 5.17 Å². The molecule has 1 aliphatic rings. The zero-order chi connectivity index (χ0) is 6.85. The van der Waals surface area contributed by atoms with Crippen LogP contribution in [0.15, 0.2) is 0 Å². The van der Waals surface area contributed by atoms with Crippen molar-refractivity contribution in [1.29, 1.82) is 0 Å². The third kappa shape index (κ3) is 1.18. The van der Waals surface area contributed by atoms with Crippen LogP contribution >= 0.6 is 12.2 Å². The van der Waals surface area contributed by atoms with Crippen LogP contribution in [0.1, 0.15) is 6.92 Å². The molecule has 50 valence electrons. The highest BCUT2D eigenvalue weighted by Crippen LogP contribution is 2.02. The van der Waals surface area contributed by atoms with Gasteiger partial charge in [-0.1, -0.05) is 0 Å². The van der Waals surface area contributed by atoms with E-state index in [4.69, 9.17) is 17.0 Å². The van der Waals surface area contributed by atoms with E-state index in [1.807, 2.05) is 0 Å². The quantitative estimate of drug-likeness (QED) is 0.454.